The lowest BCUT2D eigenvalue weighted by Gasteiger charge is -2.14. The second-order valence-corrected chi connectivity index (χ2v) is 7.87. The molecular weight excluding hydrogens is 404 g/mol. The largest absolute Gasteiger partial charge is 0.493 e. The van der Waals surface area contributed by atoms with E-state index in [1.807, 2.05) is 26.0 Å². The molecule has 1 aliphatic heterocycles. The van der Waals surface area contributed by atoms with E-state index in [1.54, 1.807) is 24.3 Å². The van der Waals surface area contributed by atoms with Gasteiger partial charge in [-0.15, -0.1) is 0 Å². The van der Waals surface area contributed by atoms with E-state index in [1.165, 1.54) is 25.8 Å². The number of carbonyl (C=O) groups excluding carboxylic acids is 1. The number of aliphatic imine (C=N–C) groups is 1. The molecule has 1 aliphatic rings. The number of aliphatic carboxylic acids is 1. The first kappa shape index (κ1) is 21.4. The molecule has 0 aromatic heterocycles. The maximum Gasteiger partial charge on any atom is 0.344 e. The lowest BCUT2D eigenvalue weighted by Crippen LogP contribution is -2.23. The number of aryl methyl sites for hydroxylation is 2. The molecule has 30 heavy (non-hydrogen) atoms. The van der Waals surface area contributed by atoms with Crippen LogP contribution >= 0.6 is 11.8 Å². The summed E-state index contributed by atoms with van der Waals surface area (Å²) in [6.45, 7) is 5.44. The summed E-state index contributed by atoms with van der Waals surface area (Å²) in [6.07, 6.45) is 0.708. The van der Waals surface area contributed by atoms with Gasteiger partial charge < -0.3 is 19.9 Å². The van der Waals surface area contributed by atoms with Crippen molar-refractivity contribution in [1.82, 2.24) is 5.32 Å². The average Bonchev–Trinajstić information content (AvgIpc) is 3.00. The Balaban J connectivity index is 1.82. The summed E-state index contributed by atoms with van der Waals surface area (Å²) in [7, 11) is 1.47. The van der Waals surface area contributed by atoms with Crippen LogP contribution in [-0.2, 0) is 9.59 Å². The normalized spacial score (nSPS) is 17.1. The highest BCUT2D eigenvalue weighted by molar-refractivity contribution is 8.18. The number of carboxylic acid groups (broad SMARTS) is 1. The van der Waals surface area contributed by atoms with Crippen LogP contribution in [0.25, 0.3) is 6.08 Å². The molecule has 1 heterocycles. The molecule has 1 atom stereocenters. The van der Waals surface area contributed by atoms with Gasteiger partial charge in [0.25, 0.3) is 5.91 Å². The van der Waals surface area contributed by atoms with E-state index < -0.39 is 12.1 Å². The van der Waals surface area contributed by atoms with E-state index in [2.05, 4.69) is 16.4 Å². The van der Waals surface area contributed by atoms with Gasteiger partial charge in [0.15, 0.2) is 22.8 Å². The highest BCUT2D eigenvalue weighted by atomic mass is 32.2. The van der Waals surface area contributed by atoms with Crippen molar-refractivity contribution < 1.29 is 24.2 Å². The molecule has 7 nitrogen and oxygen atoms in total. The number of rotatable bonds is 6. The Morgan fingerprint density at radius 2 is 1.87 bits per heavy atom. The van der Waals surface area contributed by atoms with E-state index in [0.29, 0.717) is 27.1 Å². The van der Waals surface area contributed by atoms with E-state index in [9.17, 15) is 9.59 Å². The van der Waals surface area contributed by atoms with Crippen LogP contribution in [0.3, 0.4) is 0 Å². The number of nitrogens with zero attached hydrogens (tertiary/aromatic N) is 1. The summed E-state index contributed by atoms with van der Waals surface area (Å²) >= 11 is 1.25. The van der Waals surface area contributed by atoms with Gasteiger partial charge in [-0.3, -0.25) is 4.79 Å². The van der Waals surface area contributed by atoms with Crippen LogP contribution in [0, 0.1) is 13.8 Å². The molecule has 1 amide bonds. The Morgan fingerprint density at radius 1 is 1.17 bits per heavy atom. The van der Waals surface area contributed by atoms with Gasteiger partial charge in [0, 0.05) is 0 Å². The van der Waals surface area contributed by atoms with Crippen molar-refractivity contribution in [3.63, 3.8) is 0 Å². The standard InChI is InChI=1S/C22H22N2O5S/c1-12-7-13(2)9-16(8-12)23-22-24-20(25)19(30-22)11-15-5-6-17(18(10-15)28-4)29-14(3)21(26)27/h5-11,14H,1-4H3,(H,26,27)(H,23,24,25)/b19-11+/t14-/m0/s1. The fraction of sp³-hybridized carbons (Fsp3) is 0.227. The fourth-order valence-electron chi connectivity index (χ4n) is 2.88. The number of hydrogen-bond acceptors (Lipinski definition) is 6. The van der Waals surface area contributed by atoms with Crippen molar-refractivity contribution in [3.05, 3.63) is 58.0 Å². The van der Waals surface area contributed by atoms with Crippen LogP contribution in [-0.4, -0.2) is 35.4 Å². The zero-order valence-electron chi connectivity index (χ0n) is 17.1. The first-order chi connectivity index (χ1) is 14.2. The minimum absolute atomic E-state index is 0.234. The second kappa shape index (κ2) is 9.04. The molecule has 156 valence electrons. The smallest absolute Gasteiger partial charge is 0.344 e. The van der Waals surface area contributed by atoms with E-state index in [-0.39, 0.29) is 5.91 Å². The minimum Gasteiger partial charge on any atom is -0.493 e. The molecule has 0 spiro atoms. The number of carbonyl (C=O) groups is 2. The predicted molar refractivity (Wildman–Crippen MR) is 117 cm³/mol. The zero-order valence-corrected chi connectivity index (χ0v) is 17.9. The zero-order chi connectivity index (χ0) is 21.8. The summed E-state index contributed by atoms with van der Waals surface area (Å²) in [5.41, 5.74) is 3.71. The van der Waals surface area contributed by atoms with Gasteiger partial charge in [0.05, 0.1) is 17.7 Å². The number of amidine groups is 1. The third-order valence-corrected chi connectivity index (χ3v) is 5.13. The third-order valence-electron chi connectivity index (χ3n) is 4.22. The van der Waals surface area contributed by atoms with Crippen LogP contribution in [0.15, 0.2) is 46.3 Å². The first-order valence-corrected chi connectivity index (χ1v) is 10.0. The van der Waals surface area contributed by atoms with Gasteiger partial charge in [-0.25, -0.2) is 9.79 Å². The molecule has 0 aliphatic carbocycles. The quantitative estimate of drug-likeness (QED) is 0.676. The summed E-state index contributed by atoms with van der Waals surface area (Å²) in [5.74, 6) is -0.611. The first-order valence-electron chi connectivity index (χ1n) is 9.20. The number of ether oxygens (including phenoxy) is 2. The molecule has 3 rings (SSSR count). The van der Waals surface area contributed by atoms with Crippen LogP contribution < -0.4 is 14.8 Å². The third kappa shape index (κ3) is 5.21. The lowest BCUT2D eigenvalue weighted by molar-refractivity contribution is -0.144. The number of methoxy groups -OCH3 is 1. The number of benzene rings is 2. The molecule has 2 aromatic carbocycles. The monoisotopic (exact) mass is 426 g/mol. The molecule has 1 fully saturated rings. The van der Waals surface area contributed by atoms with Gasteiger partial charge >= 0.3 is 5.97 Å². The maximum atomic E-state index is 12.4. The van der Waals surface area contributed by atoms with E-state index in [0.717, 1.165) is 16.8 Å². The minimum atomic E-state index is -1.07. The fourth-order valence-corrected chi connectivity index (χ4v) is 3.72. The van der Waals surface area contributed by atoms with Crippen LogP contribution in [0.1, 0.15) is 23.6 Å². The van der Waals surface area contributed by atoms with Crippen molar-refractivity contribution in [1.29, 1.82) is 0 Å². The number of amides is 1. The molecule has 2 aromatic rings. The number of nitrogens with one attached hydrogen (secondary N) is 1. The molecule has 0 bridgehead atoms. The topological polar surface area (TPSA) is 97.2 Å². The SMILES string of the molecule is COc1cc(/C=C2/SC(=Nc3cc(C)cc(C)c3)NC2=O)ccc1O[C@@H](C)C(=O)O. The summed E-state index contributed by atoms with van der Waals surface area (Å²) in [4.78, 5) is 28.4. The Kier molecular flexibility index (Phi) is 6.47. The summed E-state index contributed by atoms with van der Waals surface area (Å²) in [5, 5.41) is 12.3. The second-order valence-electron chi connectivity index (χ2n) is 6.84. The van der Waals surface area contributed by atoms with Gasteiger partial charge in [0.2, 0.25) is 0 Å². The summed E-state index contributed by atoms with van der Waals surface area (Å²) in [6, 6.07) is 11.0. The van der Waals surface area contributed by atoms with Crippen LogP contribution in [0.5, 0.6) is 11.5 Å². The van der Waals surface area contributed by atoms with Gasteiger partial charge in [-0.2, -0.15) is 0 Å². The van der Waals surface area contributed by atoms with Gasteiger partial charge in [-0.05, 0) is 79.6 Å². The van der Waals surface area contributed by atoms with E-state index >= 15 is 0 Å². The summed E-state index contributed by atoms with van der Waals surface area (Å²) < 4.78 is 10.7. The molecule has 2 N–H and O–H groups in total. The van der Waals surface area contributed by atoms with Crippen molar-refractivity contribution in [2.45, 2.75) is 26.9 Å². The highest BCUT2D eigenvalue weighted by Gasteiger charge is 2.24. The van der Waals surface area contributed by atoms with Crippen molar-refractivity contribution >= 4 is 40.6 Å². The Hall–Kier alpha value is -3.26. The predicted octanol–water partition coefficient (Wildman–Crippen LogP) is 4.06. The molecule has 0 radical (unpaired) electrons. The Bertz CT molecular complexity index is 1040. The highest BCUT2D eigenvalue weighted by Crippen LogP contribution is 2.33. The molecule has 0 unspecified atom stereocenters. The molecule has 0 saturated carbocycles. The van der Waals surface area contributed by atoms with Crippen molar-refractivity contribution in [2.75, 3.05) is 7.11 Å². The van der Waals surface area contributed by atoms with Crippen molar-refractivity contribution in [3.8, 4) is 11.5 Å². The van der Waals surface area contributed by atoms with Gasteiger partial charge in [0.1, 0.15) is 0 Å². The molecule has 1 saturated heterocycles. The lowest BCUT2D eigenvalue weighted by atomic mass is 10.1. The van der Waals surface area contributed by atoms with Crippen LogP contribution in [0.4, 0.5) is 5.69 Å². The maximum absolute atomic E-state index is 12.4. The average molecular weight is 426 g/mol. The molecule has 8 heteroatoms. The van der Waals surface area contributed by atoms with Crippen LogP contribution in [0.2, 0.25) is 0 Å². The van der Waals surface area contributed by atoms with Gasteiger partial charge in [-0.1, -0.05) is 12.1 Å². The Morgan fingerprint density at radius 3 is 2.50 bits per heavy atom. The number of thioether (sulfide) groups is 1. The Labute approximate surface area is 178 Å². The number of hydrogen-bond donors (Lipinski definition) is 2. The van der Waals surface area contributed by atoms with E-state index in [4.69, 9.17) is 14.6 Å². The number of carboxylic acids is 1. The van der Waals surface area contributed by atoms with Crippen molar-refractivity contribution in [2.24, 2.45) is 4.99 Å². The molecular formula is C22H22N2O5S.